The molecule has 2 aromatic rings. The van der Waals surface area contributed by atoms with Gasteiger partial charge in [0, 0.05) is 18.8 Å². The van der Waals surface area contributed by atoms with Crippen molar-refractivity contribution in [2.45, 2.75) is 50.7 Å². The topological polar surface area (TPSA) is 80.0 Å². The standard InChI is InChI=1S/C19H24N4O2/c1-23-18(14-6-2-3-7-15(14)22-23)19(25)21-17(12-10-13(24)11-12)16-8-4-5-9-20-16/h4-5,8-9,12-13,17,24H,2-3,6-7,10-11H2,1H3,(H,21,25)/t12?,13?,17-/m1/s1. The van der Waals surface area contributed by atoms with E-state index in [4.69, 9.17) is 0 Å². The Morgan fingerprint density at radius 3 is 2.84 bits per heavy atom. The Labute approximate surface area is 147 Å². The molecule has 0 aromatic carbocycles. The number of rotatable bonds is 4. The number of hydrogen-bond donors (Lipinski definition) is 2. The molecule has 6 nitrogen and oxygen atoms in total. The van der Waals surface area contributed by atoms with E-state index in [1.807, 2.05) is 25.2 Å². The van der Waals surface area contributed by atoms with E-state index in [-0.39, 0.29) is 24.0 Å². The highest BCUT2D eigenvalue weighted by Gasteiger charge is 2.37. The maximum atomic E-state index is 13.0. The molecule has 2 heterocycles. The molecule has 25 heavy (non-hydrogen) atoms. The van der Waals surface area contributed by atoms with Crippen LogP contribution in [0.5, 0.6) is 0 Å². The average Bonchev–Trinajstić information content (AvgIpc) is 2.93. The summed E-state index contributed by atoms with van der Waals surface area (Å²) in [6, 6.07) is 5.57. The smallest absolute Gasteiger partial charge is 0.270 e. The van der Waals surface area contributed by atoms with Gasteiger partial charge < -0.3 is 10.4 Å². The van der Waals surface area contributed by atoms with Gasteiger partial charge in [-0.1, -0.05) is 6.07 Å². The van der Waals surface area contributed by atoms with Crippen LogP contribution in [0.2, 0.25) is 0 Å². The van der Waals surface area contributed by atoms with Crippen LogP contribution in [0.4, 0.5) is 0 Å². The fraction of sp³-hybridized carbons (Fsp3) is 0.526. The Morgan fingerprint density at radius 1 is 1.32 bits per heavy atom. The molecule has 2 aliphatic carbocycles. The van der Waals surface area contributed by atoms with Crippen LogP contribution < -0.4 is 5.32 Å². The lowest BCUT2D eigenvalue weighted by atomic mass is 9.76. The third-order valence-electron chi connectivity index (χ3n) is 5.45. The monoisotopic (exact) mass is 340 g/mol. The number of pyridine rings is 1. The molecule has 6 heteroatoms. The van der Waals surface area contributed by atoms with Crippen LogP contribution in [0.3, 0.4) is 0 Å². The number of carbonyl (C=O) groups is 1. The molecule has 1 amide bonds. The van der Waals surface area contributed by atoms with Gasteiger partial charge in [0.2, 0.25) is 0 Å². The number of nitrogens with one attached hydrogen (secondary N) is 1. The Morgan fingerprint density at radius 2 is 2.12 bits per heavy atom. The summed E-state index contributed by atoms with van der Waals surface area (Å²) in [4.78, 5) is 17.5. The van der Waals surface area contributed by atoms with E-state index in [1.54, 1.807) is 10.9 Å². The van der Waals surface area contributed by atoms with Gasteiger partial charge in [-0.2, -0.15) is 5.10 Å². The third kappa shape index (κ3) is 3.06. The zero-order valence-electron chi connectivity index (χ0n) is 14.5. The summed E-state index contributed by atoms with van der Waals surface area (Å²) < 4.78 is 1.72. The van der Waals surface area contributed by atoms with Crippen molar-refractivity contribution in [1.82, 2.24) is 20.1 Å². The highest BCUT2D eigenvalue weighted by atomic mass is 16.3. The average molecular weight is 340 g/mol. The first-order valence-corrected chi connectivity index (χ1v) is 9.08. The van der Waals surface area contributed by atoms with Crippen LogP contribution in [0.15, 0.2) is 24.4 Å². The summed E-state index contributed by atoms with van der Waals surface area (Å²) in [6.45, 7) is 0. The zero-order chi connectivity index (χ0) is 17.4. The molecule has 1 atom stereocenters. The van der Waals surface area contributed by atoms with E-state index in [9.17, 15) is 9.90 Å². The molecule has 0 bridgehead atoms. The summed E-state index contributed by atoms with van der Waals surface area (Å²) in [5, 5.41) is 17.4. The predicted molar refractivity (Wildman–Crippen MR) is 93.0 cm³/mol. The molecule has 1 fully saturated rings. The molecule has 2 aromatic heterocycles. The summed E-state index contributed by atoms with van der Waals surface area (Å²) in [5.41, 5.74) is 3.69. The van der Waals surface area contributed by atoms with Crippen molar-refractivity contribution >= 4 is 5.91 Å². The van der Waals surface area contributed by atoms with Crippen molar-refractivity contribution in [1.29, 1.82) is 0 Å². The lowest BCUT2D eigenvalue weighted by molar-refractivity contribution is 0.0227. The molecule has 1 saturated carbocycles. The molecule has 0 spiro atoms. The minimum absolute atomic E-state index is 0.0878. The second kappa shape index (κ2) is 6.59. The lowest BCUT2D eigenvalue weighted by Crippen LogP contribution is -2.42. The maximum absolute atomic E-state index is 13.0. The molecular formula is C19H24N4O2. The van der Waals surface area contributed by atoms with Gasteiger partial charge >= 0.3 is 0 Å². The van der Waals surface area contributed by atoms with Crippen LogP contribution in [0.25, 0.3) is 0 Å². The van der Waals surface area contributed by atoms with E-state index < -0.39 is 0 Å². The molecule has 0 aliphatic heterocycles. The SMILES string of the molecule is Cn1nc2c(c1C(=O)N[C@@H](c1ccccn1)C1CC(O)C1)CCCC2. The minimum atomic E-state index is -0.266. The van der Waals surface area contributed by atoms with Gasteiger partial charge in [-0.15, -0.1) is 0 Å². The molecular weight excluding hydrogens is 316 g/mol. The fourth-order valence-electron chi connectivity index (χ4n) is 4.07. The van der Waals surface area contributed by atoms with Crippen molar-refractivity contribution in [2.75, 3.05) is 0 Å². The largest absolute Gasteiger partial charge is 0.393 e. The Kier molecular flexibility index (Phi) is 4.29. The number of carbonyl (C=O) groups excluding carboxylic acids is 1. The van der Waals surface area contributed by atoms with Crippen molar-refractivity contribution in [3.63, 3.8) is 0 Å². The first-order chi connectivity index (χ1) is 12.1. The number of aliphatic hydroxyl groups excluding tert-OH is 1. The Balaban J connectivity index is 1.60. The van der Waals surface area contributed by atoms with Crippen molar-refractivity contribution < 1.29 is 9.90 Å². The second-order valence-corrected chi connectivity index (χ2v) is 7.20. The molecule has 0 unspecified atom stereocenters. The summed E-state index contributed by atoms with van der Waals surface area (Å²) >= 11 is 0. The van der Waals surface area contributed by atoms with E-state index in [0.29, 0.717) is 18.5 Å². The molecule has 132 valence electrons. The van der Waals surface area contributed by atoms with E-state index in [0.717, 1.165) is 42.6 Å². The van der Waals surface area contributed by atoms with E-state index >= 15 is 0 Å². The van der Waals surface area contributed by atoms with Crippen molar-refractivity contribution in [3.8, 4) is 0 Å². The molecule has 0 radical (unpaired) electrons. The van der Waals surface area contributed by atoms with Gasteiger partial charge in [0.25, 0.3) is 5.91 Å². The van der Waals surface area contributed by atoms with Crippen LogP contribution >= 0.6 is 0 Å². The molecule has 4 rings (SSSR count). The second-order valence-electron chi connectivity index (χ2n) is 7.20. The van der Waals surface area contributed by atoms with Crippen molar-refractivity contribution in [3.05, 3.63) is 47.0 Å². The molecule has 2 N–H and O–H groups in total. The normalized spacial score (nSPS) is 23.4. The van der Waals surface area contributed by atoms with E-state index in [2.05, 4.69) is 15.4 Å². The quantitative estimate of drug-likeness (QED) is 0.891. The minimum Gasteiger partial charge on any atom is -0.393 e. The third-order valence-corrected chi connectivity index (χ3v) is 5.45. The lowest BCUT2D eigenvalue weighted by Gasteiger charge is -2.37. The van der Waals surface area contributed by atoms with Crippen LogP contribution in [-0.2, 0) is 19.9 Å². The van der Waals surface area contributed by atoms with Gasteiger partial charge in [-0.05, 0) is 56.6 Å². The highest BCUT2D eigenvalue weighted by Crippen LogP contribution is 2.37. The van der Waals surface area contributed by atoms with Crippen molar-refractivity contribution in [2.24, 2.45) is 13.0 Å². The number of hydrogen-bond acceptors (Lipinski definition) is 4. The predicted octanol–water partition coefficient (Wildman–Crippen LogP) is 1.94. The number of aryl methyl sites for hydroxylation is 2. The molecule has 0 saturated heterocycles. The van der Waals surface area contributed by atoms with Crippen LogP contribution in [0, 0.1) is 5.92 Å². The highest BCUT2D eigenvalue weighted by molar-refractivity contribution is 5.94. The van der Waals surface area contributed by atoms with E-state index in [1.165, 1.54) is 0 Å². The fourth-order valence-corrected chi connectivity index (χ4v) is 4.07. The zero-order valence-corrected chi connectivity index (χ0v) is 14.5. The van der Waals surface area contributed by atoms with Crippen LogP contribution in [0.1, 0.15) is 59.2 Å². The Bertz CT molecular complexity index is 765. The first-order valence-electron chi connectivity index (χ1n) is 9.08. The molecule has 2 aliphatic rings. The Hall–Kier alpha value is -2.21. The number of nitrogens with zero attached hydrogens (tertiary/aromatic N) is 3. The maximum Gasteiger partial charge on any atom is 0.270 e. The first kappa shape index (κ1) is 16.3. The van der Waals surface area contributed by atoms with Gasteiger partial charge in [-0.3, -0.25) is 14.5 Å². The summed E-state index contributed by atoms with van der Waals surface area (Å²) in [7, 11) is 1.84. The number of aromatic nitrogens is 3. The van der Waals surface area contributed by atoms with Gasteiger partial charge in [0.1, 0.15) is 5.69 Å². The summed E-state index contributed by atoms with van der Waals surface area (Å²) in [6.07, 6.45) is 7.00. The number of aliphatic hydroxyl groups is 1. The number of fused-ring (bicyclic) bond motifs is 1. The van der Waals surface area contributed by atoms with Crippen LogP contribution in [-0.4, -0.2) is 31.9 Å². The van der Waals surface area contributed by atoms with Gasteiger partial charge in [0.15, 0.2) is 0 Å². The number of amides is 1. The van der Waals surface area contributed by atoms with Gasteiger partial charge in [-0.25, -0.2) is 0 Å². The summed E-state index contributed by atoms with van der Waals surface area (Å²) in [5.74, 6) is 0.132. The van der Waals surface area contributed by atoms with Gasteiger partial charge in [0.05, 0.1) is 23.5 Å².